The standard InChI is InChI=1S/C33H32N4O3/c1-4-10-27(40-3)19-14-23(2)28-21-29(25-11-6-5-7-12-25)36-31(28)33(39)35-22-24-15-17-26(18-16-24)32(38)37-30-13-8-9-20-34-30/h4-21,36H,22H2,1-3H3,(H,35,39)(H,34,37,38)/b10-4-,23-14+,27-19+. The Labute approximate surface area is 234 Å². The van der Waals surface area contributed by atoms with E-state index in [-0.39, 0.29) is 11.8 Å². The molecule has 2 aromatic heterocycles. The van der Waals surface area contributed by atoms with Gasteiger partial charge in [-0.15, -0.1) is 0 Å². The molecule has 0 aliphatic rings. The molecule has 0 aliphatic heterocycles. The molecule has 7 heteroatoms. The van der Waals surface area contributed by atoms with Crippen LogP contribution in [0.4, 0.5) is 5.82 Å². The first-order valence-corrected chi connectivity index (χ1v) is 12.9. The zero-order chi connectivity index (χ0) is 28.3. The molecule has 0 fully saturated rings. The smallest absolute Gasteiger partial charge is 0.268 e. The molecule has 7 nitrogen and oxygen atoms in total. The Morgan fingerprint density at radius 1 is 0.950 bits per heavy atom. The molecule has 3 N–H and O–H groups in total. The van der Waals surface area contributed by atoms with E-state index in [1.54, 1.807) is 43.6 Å². The van der Waals surface area contributed by atoms with Crippen LogP contribution in [-0.4, -0.2) is 28.9 Å². The van der Waals surface area contributed by atoms with Crippen LogP contribution in [0.15, 0.2) is 115 Å². The molecule has 0 bridgehead atoms. The molecule has 0 unspecified atom stereocenters. The number of anilines is 1. The Morgan fingerprint density at radius 2 is 1.70 bits per heavy atom. The van der Waals surface area contributed by atoms with Crippen molar-refractivity contribution in [3.63, 3.8) is 0 Å². The number of allylic oxidation sites excluding steroid dienone is 5. The van der Waals surface area contributed by atoms with Gasteiger partial charge >= 0.3 is 0 Å². The van der Waals surface area contributed by atoms with E-state index in [4.69, 9.17) is 4.74 Å². The molecule has 0 aliphatic carbocycles. The summed E-state index contributed by atoms with van der Waals surface area (Å²) in [6.45, 7) is 4.19. The van der Waals surface area contributed by atoms with E-state index >= 15 is 0 Å². The highest BCUT2D eigenvalue weighted by Crippen LogP contribution is 2.27. The highest BCUT2D eigenvalue weighted by Gasteiger charge is 2.17. The van der Waals surface area contributed by atoms with Crippen LogP contribution in [0.5, 0.6) is 0 Å². The molecule has 4 aromatic rings. The normalized spacial score (nSPS) is 11.9. The lowest BCUT2D eigenvalue weighted by Crippen LogP contribution is -2.24. The van der Waals surface area contributed by atoms with Crippen molar-refractivity contribution in [1.29, 1.82) is 0 Å². The molecule has 2 amide bonds. The Morgan fingerprint density at radius 3 is 2.38 bits per heavy atom. The van der Waals surface area contributed by atoms with Crippen LogP contribution >= 0.6 is 0 Å². The largest absolute Gasteiger partial charge is 0.497 e. The maximum absolute atomic E-state index is 13.4. The first-order valence-electron chi connectivity index (χ1n) is 12.9. The van der Waals surface area contributed by atoms with Crippen molar-refractivity contribution in [2.24, 2.45) is 0 Å². The summed E-state index contributed by atoms with van der Waals surface area (Å²) in [5.41, 5.74) is 5.37. The van der Waals surface area contributed by atoms with Crippen LogP contribution < -0.4 is 10.6 Å². The third-order valence-corrected chi connectivity index (χ3v) is 6.19. The van der Waals surface area contributed by atoms with Crippen molar-refractivity contribution in [1.82, 2.24) is 15.3 Å². The molecule has 0 radical (unpaired) electrons. The van der Waals surface area contributed by atoms with E-state index in [0.717, 1.165) is 28.0 Å². The number of hydrogen-bond acceptors (Lipinski definition) is 4. The number of nitrogens with one attached hydrogen (secondary N) is 3. The SMILES string of the molecule is C\C=C/C(=C\C=C(/C)c1cc(-c2ccccc2)[nH]c1C(=O)NCc1ccc(C(=O)Nc2ccccn2)cc1)OC. The van der Waals surface area contributed by atoms with Gasteiger partial charge < -0.3 is 20.4 Å². The van der Waals surface area contributed by atoms with Crippen LogP contribution in [-0.2, 0) is 11.3 Å². The number of hydrogen-bond donors (Lipinski definition) is 3. The van der Waals surface area contributed by atoms with Gasteiger partial charge in [0, 0.05) is 29.6 Å². The van der Waals surface area contributed by atoms with Gasteiger partial charge in [0.05, 0.1) is 7.11 Å². The maximum Gasteiger partial charge on any atom is 0.268 e. The van der Waals surface area contributed by atoms with Gasteiger partial charge in [0.25, 0.3) is 11.8 Å². The summed E-state index contributed by atoms with van der Waals surface area (Å²) < 4.78 is 5.38. The Balaban J connectivity index is 1.51. The average Bonchev–Trinajstić information content (AvgIpc) is 3.45. The average molecular weight is 533 g/mol. The number of methoxy groups -OCH3 is 1. The topological polar surface area (TPSA) is 96.1 Å². The second-order valence-electron chi connectivity index (χ2n) is 9.01. The number of aromatic amines is 1. The predicted molar refractivity (Wildman–Crippen MR) is 160 cm³/mol. The number of pyridine rings is 1. The first-order chi connectivity index (χ1) is 19.5. The molecule has 40 heavy (non-hydrogen) atoms. The lowest BCUT2D eigenvalue weighted by atomic mass is 10.0. The van der Waals surface area contributed by atoms with Crippen molar-refractivity contribution in [3.8, 4) is 11.3 Å². The molecule has 0 spiro atoms. The van der Waals surface area contributed by atoms with Crippen LogP contribution in [0.25, 0.3) is 16.8 Å². The fourth-order valence-electron chi connectivity index (χ4n) is 4.04. The minimum atomic E-state index is -0.249. The molecule has 0 saturated carbocycles. The van der Waals surface area contributed by atoms with Crippen LogP contribution in [0, 0.1) is 0 Å². The second-order valence-corrected chi connectivity index (χ2v) is 9.01. The zero-order valence-electron chi connectivity index (χ0n) is 22.8. The van der Waals surface area contributed by atoms with Crippen LogP contribution in [0.3, 0.4) is 0 Å². The van der Waals surface area contributed by atoms with E-state index < -0.39 is 0 Å². The minimum absolute atomic E-state index is 0.230. The van der Waals surface area contributed by atoms with Crippen molar-refractivity contribution in [2.75, 3.05) is 12.4 Å². The quantitative estimate of drug-likeness (QED) is 0.155. The number of carbonyl (C=O) groups is 2. The molecule has 202 valence electrons. The predicted octanol–water partition coefficient (Wildman–Crippen LogP) is 6.77. The molecular weight excluding hydrogens is 500 g/mol. The number of ether oxygens (including phenoxy) is 1. The highest BCUT2D eigenvalue weighted by atomic mass is 16.5. The Kier molecular flexibility index (Phi) is 9.45. The van der Waals surface area contributed by atoms with Gasteiger partial charge in [0.1, 0.15) is 17.3 Å². The number of carbonyl (C=O) groups excluding carboxylic acids is 2. The zero-order valence-corrected chi connectivity index (χ0v) is 22.8. The summed E-state index contributed by atoms with van der Waals surface area (Å²) in [6.07, 6.45) is 9.20. The summed E-state index contributed by atoms with van der Waals surface area (Å²) in [5.74, 6) is 0.719. The van der Waals surface area contributed by atoms with Crippen molar-refractivity contribution < 1.29 is 14.3 Å². The monoisotopic (exact) mass is 532 g/mol. The lowest BCUT2D eigenvalue weighted by Gasteiger charge is -2.08. The lowest BCUT2D eigenvalue weighted by molar-refractivity contribution is 0.0945. The highest BCUT2D eigenvalue weighted by molar-refractivity contribution is 6.03. The fraction of sp³-hybridized carbons (Fsp3) is 0.121. The molecule has 0 atom stereocenters. The van der Waals surface area contributed by atoms with Gasteiger partial charge in [-0.1, -0.05) is 60.7 Å². The number of amides is 2. The number of H-pyrrole nitrogens is 1. The molecular formula is C33H32N4O3. The van der Waals surface area contributed by atoms with E-state index in [1.807, 2.05) is 86.7 Å². The fourth-order valence-corrected chi connectivity index (χ4v) is 4.04. The van der Waals surface area contributed by atoms with Crippen molar-refractivity contribution in [3.05, 3.63) is 138 Å². The number of aromatic nitrogens is 2. The Bertz CT molecular complexity index is 1530. The van der Waals surface area contributed by atoms with E-state index in [2.05, 4.69) is 20.6 Å². The summed E-state index contributed by atoms with van der Waals surface area (Å²) in [6, 6.07) is 24.3. The maximum atomic E-state index is 13.4. The molecule has 2 heterocycles. The van der Waals surface area contributed by atoms with Crippen LogP contribution in [0.2, 0.25) is 0 Å². The Hall–Kier alpha value is -5.17. The summed E-state index contributed by atoms with van der Waals surface area (Å²) in [7, 11) is 1.62. The second kappa shape index (κ2) is 13.6. The van der Waals surface area contributed by atoms with Crippen molar-refractivity contribution >= 4 is 23.2 Å². The number of benzene rings is 2. The van der Waals surface area contributed by atoms with Gasteiger partial charge in [-0.05, 0) is 73.0 Å². The minimum Gasteiger partial charge on any atom is -0.497 e. The molecule has 2 aromatic carbocycles. The summed E-state index contributed by atoms with van der Waals surface area (Å²) >= 11 is 0. The summed E-state index contributed by atoms with van der Waals surface area (Å²) in [4.78, 5) is 33.3. The first kappa shape index (κ1) is 27.9. The van der Waals surface area contributed by atoms with E-state index in [1.165, 1.54) is 0 Å². The molecule has 0 saturated heterocycles. The van der Waals surface area contributed by atoms with Crippen LogP contribution in [0.1, 0.15) is 45.8 Å². The summed E-state index contributed by atoms with van der Waals surface area (Å²) in [5, 5.41) is 5.77. The molecule has 4 rings (SSSR count). The van der Waals surface area contributed by atoms with Gasteiger partial charge in [-0.3, -0.25) is 9.59 Å². The van der Waals surface area contributed by atoms with Gasteiger partial charge in [0.15, 0.2) is 0 Å². The van der Waals surface area contributed by atoms with Gasteiger partial charge in [-0.2, -0.15) is 0 Å². The third kappa shape index (κ3) is 7.23. The van der Waals surface area contributed by atoms with Gasteiger partial charge in [-0.25, -0.2) is 4.98 Å². The number of nitrogens with zero attached hydrogens (tertiary/aromatic N) is 1. The van der Waals surface area contributed by atoms with E-state index in [9.17, 15) is 9.59 Å². The third-order valence-electron chi connectivity index (χ3n) is 6.19. The van der Waals surface area contributed by atoms with Gasteiger partial charge in [0.2, 0.25) is 0 Å². The number of rotatable bonds is 10. The van der Waals surface area contributed by atoms with E-state index in [0.29, 0.717) is 29.4 Å². The van der Waals surface area contributed by atoms with Crippen molar-refractivity contribution in [2.45, 2.75) is 20.4 Å².